The maximum atomic E-state index is 3.51. The molecular weight excluding hydrogens is 244 g/mol. The fourth-order valence-electron chi connectivity index (χ4n) is 1.47. The van der Waals surface area contributed by atoms with Crippen molar-refractivity contribution in [1.82, 2.24) is 0 Å². The highest BCUT2D eigenvalue weighted by Crippen LogP contribution is 2.32. The van der Waals surface area contributed by atoms with Gasteiger partial charge in [0.25, 0.3) is 0 Å². The highest BCUT2D eigenvalue weighted by molar-refractivity contribution is 9.10. The Hall–Kier alpha value is -0.340. The van der Waals surface area contributed by atoms with E-state index < -0.39 is 0 Å². The molecule has 1 aromatic heterocycles. The summed E-state index contributed by atoms with van der Waals surface area (Å²) >= 11 is 5.34. The molecule has 0 saturated heterocycles. The quantitative estimate of drug-likeness (QED) is 0.687. The second kappa shape index (κ2) is 3.43. The maximum absolute atomic E-state index is 3.51. The summed E-state index contributed by atoms with van der Waals surface area (Å²) in [5.74, 6) is 0.614. The normalized spacial score (nSPS) is 11.4. The smallest absolute Gasteiger partial charge is 0.0346 e. The molecule has 0 N–H and O–H groups in total. The van der Waals surface area contributed by atoms with E-state index in [0.29, 0.717) is 5.92 Å². The van der Waals surface area contributed by atoms with E-state index in [0.717, 1.165) is 0 Å². The second-order valence-corrected chi connectivity index (χ2v) is 5.31. The van der Waals surface area contributed by atoms with Crippen molar-refractivity contribution in [1.29, 1.82) is 0 Å². The van der Waals surface area contributed by atoms with Gasteiger partial charge in [0.05, 0.1) is 0 Å². The lowest BCUT2D eigenvalue weighted by Gasteiger charge is -2.02. The van der Waals surface area contributed by atoms with Crippen LogP contribution in [0.15, 0.2) is 28.1 Å². The summed E-state index contributed by atoms with van der Waals surface area (Å²) in [7, 11) is 0. The van der Waals surface area contributed by atoms with Crippen LogP contribution in [0.2, 0.25) is 0 Å². The maximum Gasteiger partial charge on any atom is 0.0346 e. The third-order valence-electron chi connectivity index (χ3n) is 2.19. The van der Waals surface area contributed by atoms with Crippen LogP contribution in [-0.2, 0) is 0 Å². The van der Waals surface area contributed by atoms with Crippen molar-refractivity contribution >= 4 is 37.4 Å². The number of hydrogen-bond donors (Lipinski definition) is 0. The molecule has 0 aliphatic rings. The molecule has 0 nitrogen and oxygen atoms in total. The minimum Gasteiger partial charge on any atom is -0.144 e. The lowest BCUT2D eigenvalue weighted by molar-refractivity contribution is 0.880. The molecule has 0 spiro atoms. The summed E-state index contributed by atoms with van der Waals surface area (Å²) in [6.45, 7) is 4.48. The molecule has 1 heterocycles. The second-order valence-electron chi connectivity index (χ2n) is 3.49. The average molecular weight is 255 g/mol. The average Bonchev–Trinajstić information content (AvgIpc) is 2.46. The van der Waals surface area contributed by atoms with Gasteiger partial charge in [-0.05, 0) is 40.4 Å². The van der Waals surface area contributed by atoms with E-state index in [9.17, 15) is 0 Å². The van der Waals surface area contributed by atoms with E-state index in [2.05, 4.69) is 53.4 Å². The number of halogens is 1. The van der Waals surface area contributed by atoms with Gasteiger partial charge in [0.2, 0.25) is 0 Å². The van der Waals surface area contributed by atoms with Gasteiger partial charge in [-0.2, -0.15) is 0 Å². The zero-order valence-electron chi connectivity index (χ0n) is 7.67. The zero-order valence-corrected chi connectivity index (χ0v) is 10.1. The standard InChI is InChI=1S/C11H11BrS/c1-7(2)10-6-13-11-4-3-8(12)5-9(10)11/h3-7H,1-2H3. The Morgan fingerprint density at radius 1 is 1.31 bits per heavy atom. The Bertz CT molecular complexity index is 429. The van der Waals surface area contributed by atoms with Gasteiger partial charge >= 0.3 is 0 Å². The van der Waals surface area contributed by atoms with Crippen molar-refractivity contribution in [2.24, 2.45) is 0 Å². The summed E-state index contributed by atoms with van der Waals surface area (Å²) in [5, 5.41) is 3.66. The Morgan fingerprint density at radius 2 is 2.08 bits per heavy atom. The van der Waals surface area contributed by atoms with Gasteiger partial charge in [-0.1, -0.05) is 29.8 Å². The summed E-state index contributed by atoms with van der Waals surface area (Å²) in [6, 6.07) is 6.49. The lowest BCUT2D eigenvalue weighted by atomic mass is 10.0. The van der Waals surface area contributed by atoms with Crippen LogP contribution < -0.4 is 0 Å². The molecule has 1 aromatic carbocycles. The van der Waals surface area contributed by atoms with Crippen LogP contribution in [0.1, 0.15) is 25.3 Å². The van der Waals surface area contributed by atoms with Gasteiger partial charge in [-0.3, -0.25) is 0 Å². The van der Waals surface area contributed by atoms with Crippen LogP contribution in [0, 0.1) is 0 Å². The predicted octanol–water partition coefficient (Wildman–Crippen LogP) is 4.79. The Kier molecular flexibility index (Phi) is 2.43. The molecule has 2 rings (SSSR count). The van der Waals surface area contributed by atoms with Crippen LogP contribution >= 0.6 is 27.3 Å². The first-order chi connectivity index (χ1) is 6.18. The van der Waals surface area contributed by atoms with Crippen molar-refractivity contribution in [3.63, 3.8) is 0 Å². The van der Waals surface area contributed by atoms with Gasteiger partial charge in [0, 0.05) is 9.17 Å². The number of fused-ring (bicyclic) bond motifs is 1. The molecule has 2 aromatic rings. The molecule has 0 radical (unpaired) electrons. The van der Waals surface area contributed by atoms with E-state index in [1.165, 1.54) is 20.1 Å². The fourth-order valence-corrected chi connectivity index (χ4v) is 2.93. The molecule has 0 atom stereocenters. The molecule has 0 bridgehead atoms. The molecule has 0 aliphatic heterocycles. The van der Waals surface area contributed by atoms with E-state index >= 15 is 0 Å². The summed E-state index contributed by atoms with van der Waals surface area (Å²) in [6.07, 6.45) is 0. The third-order valence-corrected chi connectivity index (χ3v) is 3.66. The SMILES string of the molecule is CC(C)c1csc2ccc(Br)cc12. The van der Waals surface area contributed by atoms with E-state index in [4.69, 9.17) is 0 Å². The van der Waals surface area contributed by atoms with Crippen LogP contribution in [0.5, 0.6) is 0 Å². The first-order valence-corrected chi connectivity index (χ1v) is 6.02. The molecule has 2 heteroatoms. The topological polar surface area (TPSA) is 0 Å². The summed E-state index contributed by atoms with van der Waals surface area (Å²) in [4.78, 5) is 0. The van der Waals surface area contributed by atoms with Gasteiger partial charge in [-0.15, -0.1) is 11.3 Å². The predicted molar refractivity (Wildman–Crippen MR) is 63.6 cm³/mol. The number of thiophene rings is 1. The van der Waals surface area contributed by atoms with E-state index in [-0.39, 0.29) is 0 Å². The zero-order chi connectivity index (χ0) is 9.42. The largest absolute Gasteiger partial charge is 0.144 e. The van der Waals surface area contributed by atoms with Crippen LogP contribution in [0.3, 0.4) is 0 Å². The van der Waals surface area contributed by atoms with Crippen LogP contribution in [0.25, 0.3) is 10.1 Å². The number of rotatable bonds is 1. The van der Waals surface area contributed by atoms with E-state index in [1.807, 2.05) is 11.3 Å². The van der Waals surface area contributed by atoms with Gasteiger partial charge < -0.3 is 0 Å². The molecule has 68 valence electrons. The highest BCUT2D eigenvalue weighted by Gasteiger charge is 2.07. The third kappa shape index (κ3) is 1.65. The molecule has 0 unspecified atom stereocenters. The van der Waals surface area contributed by atoms with Crippen molar-refractivity contribution < 1.29 is 0 Å². The van der Waals surface area contributed by atoms with Crippen molar-refractivity contribution in [2.45, 2.75) is 19.8 Å². The van der Waals surface area contributed by atoms with Crippen LogP contribution in [0.4, 0.5) is 0 Å². The molecular formula is C11H11BrS. The molecule has 0 amide bonds. The highest BCUT2D eigenvalue weighted by atomic mass is 79.9. The molecule has 0 saturated carbocycles. The summed E-state index contributed by atoms with van der Waals surface area (Å²) < 4.78 is 2.55. The number of hydrogen-bond acceptors (Lipinski definition) is 1. The minimum absolute atomic E-state index is 0.614. The van der Waals surface area contributed by atoms with Crippen molar-refractivity contribution in [3.05, 3.63) is 33.6 Å². The Balaban J connectivity index is 2.71. The monoisotopic (exact) mass is 254 g/mol. The van der Waals surface area contributed by atoms with Gasteiger partial charge in [0.1, 0.15) is 0 Å². The van der Waals surface area contributed by atoms with E-state index in [1.54, 1.807) is 0 Å². The lowest BCUT2D eigenvalue weighted by Crippen LogP contribution is -1.83. The fraction of sp³-hybridized carbons (Fsp3) is 0.273. The first-order valence-electron chi connectivity index (χ1n) is 4.35. The van der Waals surface area contributed by atoms with Crippen molar-refractivity contribution in [2.75, 3.05) is 0 Å². The van der Waals surface area contributed by atoms with Gasteiger partial charge in [0.15, 0.2) is 0 Å². The molecule has 13 heavy (non-hydrogen) atoms. The summed E-state index contributed by atoms with van der Waals surface area (Å²) in [5.41, 5.74) is 1.46. The Morgan fingerprint density at radius 3 is 2.77 bits per heavy atom. The molecule has 0 fully saturated rings. The Labute approximate surface area is 90.7 Å². The minimum atomic E-state index is 0.614. The van der Waals surface area contributed by atoms with Crippen molar-refractivity contribution in [3.8, 4) is 0 Å². The van der Waals surface area contributed by atoms with Gasteiger partial charge in [-0.25, -0.2) is 0 Å². The number of benzene rings is 1. The molecule has 0 aliphatic carbocycles. The first kappa shape index (κ1) is 9.22. The van der Waals surface area contributed by atoms with Crippen LogP contribution in [-0.4, -0.2) is 0 Å².